The first kappa shape index (κ1) is 12.4. The number of nitrogen functional groups attached to an aromatic ring is 1. The van der Waals surface area contributed by atoms with Crippen molar-refractivity contribution >= 4 is 5.69 Å². The van der Waals surface area contributed by atoms with Crippen LogP contribution in [-0.2, 0) is 0 Å². The van der Waals surface area contributed by atoms with Gasteiger partial charge in [0.2, 0.25) is 0 Å². The molecule has 0 aliphatic carbocycles. The third kappa shape index (κ3) is 3.47. The van der Waals surface area contributed by atoms with Crippen molar-refractivity contribution in [1.82, 2.24) is 0 Å². The monoisotopic (exact) mass is 218 g/mol. The molecular weight excluding hydrogens is 200 g/mol. The van der Waals surface area contributed by atoms with Crippen LogP contribution in [0.25, 0.3) is 0 Å². The van der Waals surface area contributed by atoms with E-state index in [0.29, 0.717) is 23.6 Å². The van der Waals surface area contributed by atoms with Crippen LogP contribution in [0.3, 0.4) is 0 Å². The largest absolute Gasteiger partial charge is 0.491 e. The molecule has 0 bridgehead atoms. The smallest absolute Gasteiger partial charge is 0.143 e. The Balaban J connectivity index is 2.65. The van der Waals surface area contributed by atoms with Gasteiger partial charge in [-0.1, -0.05) is 26.8 Å². The van der Waals surface area contributed by atoms with E-state index >= 15 is 0 Å². The van der Waals surface area contributed by atoms with E-state index < -0.39 is 0 Å². The van der Waals surface area contributed by atoms with E-state index in [1.807, 2.05) is 6.07 Å². The Bertz CT molecular complexity index is 399. The van der Waals surface area contributed by atoms with E-state index in [0.717, 1.165) is 6.42 Å². The molecule has 0 fully saturated rings. The van der Waals surface area contributed by atoms with E-state index in [2.05, 4.69) is 20.8 Å². The van der Waals surface area contributed by atoms with Crippen molar-refractivity contribution in [2.45, 2.75) is 27.2 Å². The van der Waals surface area contributed by atoms with Crippen molar-refractivity contribution in [2.75, 3.05) is 12.3 Å². The highest BCUT2D eigenvalue weighted by molar-refractivity contribution is 5.62. The van der Waals surface area contributed by atoms with Crippen LogP contribution in [0.4, 0.5) is 5.69 Å². The van der Waals surface area contributed by atoms with E-state index in [4.69, 9.17) is 15.7 Å². The second-order valence-corrected chi connectivity index (χ2v) is 4.99. The Morgan fingerprint density at radius 1 is 1.38 bits per heavy atom. The van der Waals surface area contributed by atoms with E-state index in [-0.39, 0.29) is 5.41 Å². The quantitative estimate of drug-likeness (QED) is 0.793. The normalized spacial score (nSPS) is 10.9. The molecule has 0 spiro atoms. The first-order valence-corrected chi connectivity index (χ1v) is 5.35. The summed E-state index contributed by atoms with van der Waals surface area (Å²) in [4.78, 5) is 0. The van der Waals surface area contributed by atoms with Crippen LogP contribution in [0.2, 0.25) is 0 Å². The molecule has 86 valence electrons. The van der Waals surface area contributed by atoms with Crippen LogP contribution >= 0.6 is 0 Å². The standard InChI is InChI=1S/C13H18N2O/c1-13(2,3)7-8-16-11-6-4-5-10(9-14)12(11)15/h4-6H,7-8,15H2,1-3H3. The zero-order valence-electron chi connectivity index (χ0n) is 10.1. The molecule has 0 aliphatic rings. The number of anilines is 1. The first-order valence-electron chi connectivity index (χ1n) is 5.35. The summed E-state index contributed by atoms with van der Waals surface area (Å²) in [5, 5.41) is 8.81. The fourth-order valence-electron chi connectivity index (χ4n) is 1.23. The van der Waals surface area contributed by atoms with Gasteiger partial charge in [0, 0.05) is 0 Å². The lowest BCUT2D eigenvalue weighted by Crippen LogP contribution is -2.11. The Labute approximate surface area is 96.8 Å². The molecule has 1 rings (SSSR count). The number of benzene rings is 1. The summed E-state index contributed by atoms with van der Waals surface area (Å²) >= 11 is 0. The third-order valence-electron chi connectivity index (χ3n) is 2.30. The number of para-hydroxylation sites is 1. The van der Waals surface area contributed by atoms with Gasteiger partial charge in [-0.05, 0) is 24.0 Å². The van der Waals surface area contributed by atoms with E-state index in [9.17, 15) is 0 Å². The zero-order valence-corrected chi connectivity index (χ0v) is 10.1. The zero-order chi connectivity index (χ0) is 12.2. The molecule has 3 heteroatoms. The molecule has 0 saturated carbocycles. The number of nitrogens with two attached hydrogens (primary N) is 1. The maximum absolute atomic E-state index is 8.81. The molecule has 0 amide bonds. The summed E-state index contributed by atoms with van der Waals surface area (Å²) in [6.45, 7) is 7.09. The summed E-state index contributed by atoms with van der Waals surface area (Å²) in [5.41, 5.74) is 6.93. The molecular formula is C13H18N2O. The van der Waals surface area contributed by atoms with E-state index in [1.165, 1.54) is 0 Å². The van der Waals surface area contributed by atoms with E-state index in [1.54, 1.807) is 18.2 Å². The average molecular weight is 218 g/mol. The highest BCUT2D eigenvalue weighted by Crippen LogP contribution is 2.26. The second-order valence-electron chi connectivity index (χ2n) is 4.99. The van der Waals surface area contributed by atoms with Crippen LogP contribution in [0.15, 0.2) is 18.2 Å². The predicted octanol–water partition coefficient (Wildman–Crippen LogP) is 2.96. The Kier molecular flexibility index (Phi) is 3.78. The second kappa shape index (κ2) is 4.89. The summed E-state index contributed by atoms with van der Waals surface area (Å²) in [5.74, 6) is 0.600. The predicted molar refractivity (Wildman–Crippen MR) is 65.1 cm³/mol. The van der Waals surface area contributed by atoms with Gasteiger partial charge in [-0.25, -0.2) is 0 Å². The molecule has 16 heavy (non-hydrogen) atoms. The molecule has 3 nitrogen and oxygen atoms in total. The average Bonchev–Trinajstić information content (AvgIpc) is 2.19. The topological polar surface area (TPSA) is 59.0 Å². The van der Waals surface area contributed by atoms with Gasteiger partial charge in [0.25, 0.3) is 0 Å². The molecule has 0 radical (unpaired) electrons. The fraction of sp³-hybridized carbons (Fsp3) is 0.462. The molecule has 0 aromatic heterocycles. The van der Waals surface area contributed by atoms with Crippen molar-refractivity contribution in [1.29, 1.82) is 5.26 Å². The van der Waals surface area contributed by atoms with Crippen molar-refractivity contribution in [2.24, 2.45) is 5.41 Å². The van der Waals surface area contributed by atoms with Crippen molar-refractivity contribution < 1.29 is 4.74 Å². The fourth-order valence-corrected chi connectivity index (χ4v) is 1.23. The lowest BCUT2D eigenvalue weighted by molar-refractivity contribution is 0.244. The van der Waals surface area contributed by atoms with Gasteiger partial charge in [0.05, 0.1) is 17.9 Å². The number of hydrogen-bond acceptors (Lipinski definition) is 3. The SMILES string of the molecule is CC(C)(C)CCOc1cccc(C#N)c1N. The van der Waals surface area contributed by atoms with Gasteiger partial charge in [-0.3, -0.25) is 0 Å². The highest BCUT2D eigenvalue weighted by Gasteiger charge is 2.11. The number of rotatable bonds is 3. The van der Waals surface area contributed by atoms with Crippen molar-refractivity contribution in [3.05, 3.63) is 23.8 Å². The number of ether oxygens (including phenoxy) is 1. The minimum Gasteiger partial charge on any atom is -0.491 e. The summed E-state index contributed by atoms with van der Waals surface area (Å²) in [7, 11) is 0. The molecule has 2 N–H and O–H groups in total. The minimum absolute atomic E-state index is 0.238. The van der Waals surface area contributed by atoms with Gasteiger partial charge >= 0.3 is 0 Å². The minimum atomic E-state index is 0.238. The van der Waals surface area contributed by atoms with Crippen LogP contribution < -0.4 is 10.5 Å². The number of nitrogens with zero attached hydrogens (tertiary/aromatic N) is 1. The lowest BCUT2D eigenvalue weighted by Gasteiger charge is -2.18. The summed E-state index contributed by atoms with van der Waals surface area (Å²) < 4.78 is 5.58. The lowest BCUT2D eigenvalue weighted by atomic mass is 9.93. The third-order valence-corrected chi connectivity index (χ3v) is 2.30. The highest BCUT2D eigenvalue weighted by atomic mass is 16.5. The van der Waals surface area contributed by atoms with Gasteiger partial charge < -0.3 is 10.5 Å². The molecule has 0 atom stereocenters. The van der Waals surface area contributed by atoms with Gasteiger partial charge in [0.15, 0.2) is 0 Å². The van der Waals surface area contributed by atoms with Gasteiger partial charge in [-0.2, -0.15) is 5.26 Å². The molecule has 1 aromatic rings. The summed E-state index contributed by atoms with van der Waals surface area (Å²) in [6, 6.07) is 7.29. The molecule has 0 aliphatic heterocycles. The number of nitriles is 1. The van der Waals surface area contributed by atoms with Crippen LogP contribution in [0.1, 0.15) is 32.8 Å². The van der Waals surface area contributed by atoms with Gasteiger partial charge in [-0.15, -0.1) is 0 Å². The molecule has 1 aromatic carbocycles. The Morgan fingerprint density at radius 3 is 2.62 bits per heavy atom. The molecule has 0 saturated heterocycles. The van der Waals surface area contributed by atoms with Crippen LogP contribution in [-0.4, -0.2) is 6.61 Å². The summed E-state index contributed by atoms with van der Waals surface area (Å²) in [6.07, 6.45) is 0.948. The Morgan fingerprint density at radius 2 is 2.06 bits per heavy atom. The number of hydrogen-bond donors (Lipinski definition) is 1. The first-order chi connectivity index (χ1) is 7.44. The van der Waals surface area contributed by atoms with Crippen molar-refractivity contribution in [3.8, 4) is 11.8 Å². The molecule has 0 heterocycles. The van der Waals surface area contributed by atoms with Gasteiger partial charge in [0.1, 0.15) is 11.8 Å². The maximum atomic E-state index is 8.81. The maximum Gasteiger partial charge on any atom is 0.143 e. The molecule has 0 unspecified atom stereocenters. The van der Waals surface area contributed by atoms with Crippen molar-refractivity contribution in [3.63, 3.8) is 0 Å². The Hall–Kier alpha value is -1.69. The van der Waals surface area contributed by atoms with Crippen LogP contribution in [0, 0.1) is 16.7 Å². The van der Waals surface area contributed by atoms with Crippen LogP contribution in [0.5, 0.6) is 5.75 Å².